The highest BCUT2D eigenvalue weighted by atomic mass is 19.4. The number of halogens is 3. The van der Waals surface area contributed by atoms with E-state index in [1.807, 2.05) is 12.1 Å². The number of hydrogen-bond acceptors (Lipinski definition) is 2. The largest absolute Gasteiger partial charge is 0.435 e. The third kappa shape index (κ3) is 2.30. The van der Waals surface area contributed by atoms with E-state index >= 15 is 0 Å². The lowest BCUT2D eigenvalue weighted by Crippen LogP contribution is -2.12. The number of rotatable bonds is 1. The molecule has 1 aliphatic rings. The molecule has 0 saturated carbocycles. The number of alkyl halides is 3. The molecule has 0 atom stereocenters. The molecule has 0 fully saturated rings. The molecule has 0 spiro atoms. The quantitative estimate of drug-likeness (QED) is 0.859. The maximum Gasteiger partial charge on any atom is 0.435 e. The fraction of sp³-hybridized carbons (Fsp3) is 0.308. The standard InChI is InChI=1S/C13H12F3N3/c14-13(15,16)12-5-7-19(18-12)10-4-3-9-2-1-6-17-11(9)8-10/h3-5,7-8,17H,1-2,6H2. The molecule has 3 nitrogen and oxygen atoms in total. The normalized spacial score (nSPS) is 14.9. The summed E-state index contributed by atoms with van der Waals surface area (Å²) < 4.78 is 38.8. The van der Waals surface area contributed by atoms with Crippen molar-refractivity contribution in [3.8, 4) is 5.69 Å². The van der Waals surface area contributed by atoms with Gasteiger partial charge in [0.05, 0.1) is 5.69 Å². The first-order chi connectivity index (χ1) is 9.04. The van der Waals surface area contributed by atoms with Crippen molar-refractivity contribution in [3.05, 3.63) is 41.7 Å². The summed E-state index contributed by atoms with van der Waals surface area (Å²) >= 11 is 0. The minimum absolute atomic E-state index is 0.628. The van der Waals surface area contributed by atoms with Gasteiger partial charge in [-0.05, 0) is 36.6 Å². The molecule has 1 aromatic carbocycles. The lowest BCUT2D eigenvalue weighted by molar-refractivity contribution is -0.141. The van der Waals surface area contributed by atoms with Crippen molar-refractivity contribution in [1.82, 2.24) is 9.78 Å². The second-order valence-corrected chi connectivity index (χ2v) is 4.52. The zero-order valence-electron chi connectivity index (χ0n) is 10.0. The molecular formula is C13H12F3N3. The Morgan fingerprint density at radius 3 is 2.79 bits per heavy atom. The lowest BCUT2D eigenvalue weighted by Gasteiger charge is -2.18. The molecule has 2 heterocycles. The summed E-state index contributed by atoms with van der Waals surface area (Å²) in [7, 11) is 0. The average molecular weight is 267 g/mol. The van der Waals surface area contributed by atoms with Gasteiger partial charge in [0.15, 0.2) is 5.69 Å². The molecule has 1 aromatic heterocycles. The number of hydrogen-bond donors (Lipinski definition) is 1. The van der Waals surface area contributed by atoms with Crippen molar-refractivity contribution in [2.24, 2.45) is 0 Å². The highest BCUT2D eigenvalue weighted by Gasteiger charge is 2.33. The molecule has 0 radical (unpaired) electrons. The maximum atomic E-state index is 12.5. The van der Waals surface area contributed by atoms with Crippen LogP contribution < -0.4 is 5.32 Å². The summed E-state index contributed by atoms with van der Waals surface area (Å²) in [5.74, 6) is 0. The zero-order valence-corrected chi connectivity index (χ0v) is 10.0. The summed E-state index contributed by atoms with van der Waals surface area (Å²) in [6.07, 6.45) is -1.01. The molecule has 1 aliphatic heterocycles. The van der Waals surface area contributed by atoms with Crippen LogP contribution in [0.5, 0.6) is 0 Å². The van der Waals surface area contributed by atoms with Gasteiger partial charge in [0.1, 0.15) is 0 Å². The Morgan fingerprint density at radius 2 is 2.05 bits per heavy atom. The van der Waals surface area contributed by atoms with E-state index in [9.17, 15) is 13.2 Å². The highest BCUT2D eigenvalue weighted by Crippen LogP contribution is 2.29. The predicted molar refractivity (Wildman–Crippen MR) is 65.4 cm³/mol. The van der Waals surface area contributed by atoms with Gasteiger partial charge in [-0.25, -0.2) is 4.68 Å². The van der Waals surface area contributed by atoms with Crippen molar-refractivity contribution in [1.29, 1.82) is 0 Å². The van der Waals surface area contributed by atoms with Crippen molar-refractivity contribution in [3.63, 3.8) is 0 Å². The average Bonchev–Trinajstić information content (AvgIpc) is 2.87. The number of aryl methyl sites for hydroxylation is 1. The Hall–Kier alpha value is -1.98. The summed E-state index contributed by atoms with van der Waals surface area (Å²) in [6, 6.07) is 6.54. The SMILES string of the molecule is FC(F)(F)c1ccn(-c2ccc3c(c2)NCCC3)n1. The van der Waals surface area contributed by atoms with E-state index in [-0.39, 0.29) is 0 Å². The van der Waals surface area contributed by atoms with Crippen molar-refractivity contribution >= 4 is 5.69 Å². The van der Waals surface area contributed by atoms with Gasteiger partial charge in [0, 0.05) is 18.4 Å². The van der Waals surface area contributed by atoms with Crippen LogP contribution in [-0.2, 0) is 12.6 Å². The van der Waals surface area contributed by atoms with Crippen LogP contribution in [0.4, 0.5) is 18.9 Å². The van der Waals surface area contributed by atoms with E-state index in [4.69, 9.17) is 0 Å². The van der Waals surface area contributed by atoms with Crippen molar-refractivity contribution < 1.29 is 13.2 Å². The number of aromatic nitrogens is 2. The predicted octanol–water partition coefficient (Wildman–Crippen LogP) is 3.25. The highest BCUT2D eigenvalue weighted by molar-refractivity contribution is 5.58. The van der Waals surface area contributed by atoms with Crippen molar-refractivity contribution in [2.45, 2.75) is 19.0 Å². The fourth-order valence-electron chi connectivity index (χ4n) is 2.21. The van der Waals surface area contributed by atoms with Gasteiger partial charge in [-0.15, -0.1) is 0 Å². The summed E-state index contributed by atoms with van der Waals surface area (Å²) in [5.41, 5.74) is 1.92. The van der Waals surface area contributed by atoms with E-state index < -0.39 is 11.9 Å². The number of fused-ring (bicyclic) bond motifs is 1. The number of nitrogens with one attached hydrogen (secondary N) is 1. The van der Waals surface area contributed by atoms with E-state index in [0.717, 1.165) is 31.1 Å². The summed E-state index contributed by atoms with van der Waals surface area (Å²) in [4.78, 5) is 0. The molecule has 0 bridgehead atoms. The van der Waals surface area contributed by atoms with E-state index in [0.29, 0.717) is 5.69 Å². The first-order valence-corrected chi connectivity index (χ1v) is 6.04. The number of nitrogens with zero attached hydrogens (tertiary/aromatic N) is 2. The Bertz CT molecular complexity index is 601. The lowest BCUT2D eigenvalue weighted by atomic mass is 10.0. The fourth-order valence-corrected chi connectivity index (χ4v) is 2.21. The molecule has 0 saturated heterocycles. The molecule has 100 valence electrons. The van der Waals surface area contributed by atoms with Gasteiger partial charge in [0.2, 0.25) is 0 Å². The maximum absolute atomic E-state index is 12.5. The summed E-state index contributed by atoms with van der Waals surface area (Å²) in [5, 5.41) is 6.81. The van der Waals surface area contributed by atoms with Gasteiger partial charge >= 0.3 is 6.18 Å². The van der Waals surface area contributed by atoms with Crippen LogP contribution >= 0.6 is 0 Å². The van der Waals surface area contributed by atoms with E-state index in [1.54, 1.807) is 6.07 Å². The van der Waals surface area contributed by atoms with Gasteiger partial charge in [-0.1, -0.05) is 6.07 Å². The molecule has 3 rings (SSSR count). The molecule has 2 aromatic rings. The van der Waals surface area contributed by atoms with Crippen LogP contribution in [0.2, 0.25) is 0 Å². The van der Waals surface area contributed by atoms with Gasteiger partial charge < -0.3 is 5.32 Å². The van der Waals surface area contributed by atoms with Crippen LogP contribution in [0.3, 0.4) is 0 Å². The number of anilines is 1. The molecule has 6 heteroatoms. The minimum Gasteiger partial charge on any atom is -0.385 e. The minimum atomic E-state index is -4.41. The Labute approximate surface area is 108 Å². The van der Waals surface area contributed by atoms with Crippen LogP contribution in [-0.4, -0.2) is 16.3 Å². The summed E-state index contributed by atoms with van der Waals surface area (Å²) in [6.45, 7) is 0.892. The van der Waals surface area contributed by atoms with E-state index in [2.05, 4.69) is 10.4 Å². The van der Waals surface area contributed by atoms with Gasteiger partial charge in [-0.3, -0.25) is 0 Å². The Morgan fingerprint density at radius 1 is 1.21 bits per heavy atom. The van der Waals surface area contributed by atoms with Gasteiger partial charge in [-0.2, -0.15) is 18.3 Å². The Kier molecular flexibility index (Phi) is 2.73. The van der Waals surface area contributed by atoms with Crippen LogP contribution in [0, 0.1) is 0 Å². The molecule has 19 heavy (non-hydrogen) atoms. The zero-order chi connectivity index (χ0) is 13.5. The Balaban J connectivity index is 1.96. The second kappa shape index (κ2) is 4.29. The first kappa shape index (κ1) is 12.1. The third-order valence-corrected chi connectivity index (χ3v) is 3.18. The van der Waals surface area contributed by atoms with Gasteiger partial charge in [0.25, 0.3) is 0 Å². The smallest absolute Gasteiger partial charge is 0.385 e. The van der Waals surface area contributed by atoms with Crippen LogP contribution in [0.15, 0.2) is 30.5 Å². The van der Waals surface area contributed by atoms with Crippen molar-refractivity contribution in [2.75, 3.05) is 11.9 Å². The molecular weight excluding hydrogens is 255 g/mol. The first-order valence-electron chi connectivity index (χ1n) is 6.04. The number of benzene rings is 1. The molecule has 0 amide bonds. The topological polar surface area (TPSA) is 29.9 Å². The third-order valence-electron chi connectivity index (χ3n) is 3.18. The monoisotopic (exact) mass is 267 g/mol. The van der Waals surface area contributed by atoms with Crippen LogP contribution in [0.1, 0.15) is 17.7 Å². The van der Waals surface area contributed by atoms with E-state index in [1.165, 1.54) is 16.4 Å². The molecule has 0 unspecified atom stereocenters. The molecule has 1 N–H and O–H groups in total. The second-order valence-electron chi connectivity index (χ2n) is 4.52. The van der Waals surface area contributed by atoms with Crippen LogP contribution in [0.25, 0.3) is 5.69 Å². The molecule has 0 aliphatic carbocycles.